The van der Waals surface area contributed by atoms with E-state index in [2.05, 4.69) is 44.0 Å². The fraction of sp³-hybridized carbons (Fsp3) is 0.267. The number of nitrogens with two attached hydrogens (primary N) is 1. The van der Waals surface area contributed by atoms with Crippen molar-refractivity contribution >= 4 is 11.8 Å². The lowest BCUT2D eigenvalue weighted by molar-refractivity contribution is 0.942. The van der Waals surface area contributed by atoms with E-state index < -0.39 is 0 Å². The lowest BCUT2D eigenvalue weighted by Gasteiger charge is -2.10. The van der Waals surface area contributed by atoms with Gasteiger partial charge in [0.05, 0.1) is 0 Å². The van der Waals surface area contributed by atoms with Gasteiger partial charge in [0, 0.05) is 23.2 Å². The number of aromatic nitrogens is 1. The summed E-state index contributed by atoms with van der Waals surface area (Å²) in [5.74, 6) is 0. The summed E-state index contributed by atoms with van der Waals surface area (Å²) >= 11 is 1.68. The molecule has 0 atom stereocenters. The van der Waals surface area contributed by atoms with Crippen LogP contribution in [-0.2, 0) is 6.54 Å². The molecule has 1 aromatic carbocycles. The second-order valence-electron chi connectivity index (χ2n) is 4.46. The molecule has 0 aliphatic rings. The lowest BCUT2D eigenvalue weighted by atomic mass is 10.1. The zero-order valence-corrected chi connectivity index (χ0v) is 11.8. The van der Waals surface area contributed by atoms with E-state index in [9.17, 15) is 0 Å². The summed E-state index contributed by atoms with van der Waals surface area (Å²) in [6, 6.07) is 8.49. The first-order valence-electron chi connectivity index (χ1n) is 6.01. The third kappa shape index (κ3) is 2.74. The minimum atomic E-state index is 0.535. The Morgan fingerprint density at radius 2 is 1.83 bits per heavy atom. The monoisotopic (exact) mass is 258 g/mol. The molecule has 0 radical (unpaired) electrons. The molecule has 0 amide bonds. The van der Waals surface area contributed by atoms with Crippen LogP contribution in [0.3, 0.4) is 0 Å². The van der Waals surface area contributed by atoms with Crippen molar-refractivity contribution in [2.75, 3.05) is 0 Å². The summed E-state index contributed by atoms with van der Waals surface area (Å²) in [4.78, 5) is 5.65. The first kappa shape index (κ1) is 13.1. The van der Waals surface area contributed by atoms with Crippen LogP contribution in [0.1, 0.15) is 22.3 Å². The van der Waals surface area contributed by atoms with Gasteiger partial charge in [0.1, 0.15) is 5.03 Å². The molecule has 0 bridgehead atoms. The molecule has 2 nitrogen and oxygen atoms in total. The number of hydrogen-bond donors (Lipinski definition) is 1. The van der Waals surface area contributed by atoms with Gasteiger partial charge < -0.3 is 5.73 Å². The molecule has 0 saturated carbocycles. The number of pyridine rings is 1. The molecular formula is C15H18N2S. The van der Waals surface area contributed by atoms with E-state index in [4.69, 9.17) is 5.73 Å². The molecular weight excluding hydrogens is 240 g/mol. The number of aryl methyl sites for hydroxylation is 3. The highest BCUT2D eigenvalue weighted by Crippen LogP contribution is 2.30. The van der Waals surface area contributed by atoms with Crippen LogP contribution in [0, 0.1) is 20.8 Å². The summed E-state index contributed by atoms with van der Waals surface area (Å²) in [7, 11) is 0. The number of rotatable bonds is 3. The van der Waals surface area contributed by atoms with E-state index in [0.29, 0.717) is 6.54 Å². The van der Waals surface area contributed by atoms with Gasteiger partial charge in [-0.25, -0.2) is 4.98 Å². The second kappa shape index (κ2) is 5.55. The summed E-state index contributed by atoms with van der Waals surface area (Å²) in [5, 5.41) is 1.01. The molecule has 0 aliphatic heterocycles. The van der Waals surface area contributed by atoms with Gasteiger partial charge in [-0.3, -0.25) is 0 Å². The van der Waals surface area contributed by atoms with Gasteiger partial charge in [-0.1, -0.05) is 17.8 Å². The Morgan fingerprint density at radius 3 is 2.50 bits per heavy atom. The number of benzene rings is 1. The summed E-state index contributed by atoms with van der Waals surface area (Å²) in [5.41, 5.74) is 10.8. The van der Waals surface area contributed by atoms with Crippen molar-refractivity contribution in [2.24, 2.45) is 5.73 Å². The maximum absolute atomic E-state index is 5.81. The van der Waals surface area contributed by atoms with Gasteiger partial charge in [-0.2, -0.15) is 0 Å². The Bertz CT molecular complexity index is 564. The van der Waals surface area contributed by atoms with Crippen LogP contribution >= 0.6 is 11.8 Å². The number of hydrogen-bond acceptors (Lipinski definition) is 3. The van der Waals surface area contributed by atoms with Crippen LogP contribution in [0.25, 0.3) is 0 Å². The molecule has 0 saturated heterocycles. The molecule has 3 heteroatoms. The van der Waals surface area contributed by atoms with Crippen molar-refractivity contribution in [3.05, 3.63) is 52.7 Å². The molecule has 0 fully saturated rings. The highest BCUT2D eigenvalue weighted by molar-refractivity contribution is 7.99. The van der Waals surface area contributed by atoms with Crippen molar-refractivity contribution in [2.45, 2.75) is 37.2 Å². The van der Waals surface area contributed by atoms with Crippen LogP contribution in [0.5, 0.6) is 0 Å². The van der Waals surface area contributed by atoms with Crippen LogP contribution in [0.15, 0.2) is 40.4 Å². The Hall–Kier alpha value is -1.32. The Balaban J connectivity index is 2.34. The van der Waals surface area contributed by atoms with Gasteiger partial charge in [-0.15, -0.1) is 0 Å². The predicted molar refractivity (Wildman–Crippen MR) is 76.9 cm³/mol. The molecule has 0 unspecified atom stereocenters. The minimum absolute atomic E-state index is 0.535. The molecule has 94 valence electrons. The Kier molecular flexibility index (Phi) is 4.04. The molecule has 2 rings (SSSR count). The van der Waals surface area contributed by atoms with Crippen molar-refractivity contribution < 1.29 is 0 Å². The van der Waals surface area contributed by atoms with Crippen molar-refractivity contribution in [3.63, 3.8) is 0 Å². The van der Waals surface area contributed by atoms with Crippen molar-refractivity contribution in [1.82, 2.24) is 4.98 Å². The van der Waals surface area contributed by atoms with Crippen LogP contribution in [0.4, 0.5) is 0 Å². The molecule has 1 heterocycles. The molecule has 0 aliphatic carbocycles. The highest BCUT2D eigenvalue weighted by atomic mass is 32.2. The van der Waals surface area contributed by atoms with E-state index in [1.807, 2.05) is 12.3 Å². The van der Waals surface area contributed by atoms with Gasteiger partial charge in [-0.05, 0) is 55.7 Å². The van der Waals surface area contributed by atoms with Gasteiger partial charge >= 0.3 is 0 Å². The largest absolute Gasteiger partial charge is 0.326 e. The normalized spacial score (nSPS) is 10.7. The summed E-state index contributed by atoms with van der Waals surface area (Å²) in [6.07, 6.45) is 1.85. The summed E-state index contributed by atoms with van der Waals surface area (Å²) in [6.45, 7) is 6.87. The summed E-state index contributed by atoms with van der Waals surface area (Å²) < 4.78 is 0. The van der Waals surface area contributed by atoms with Crippen LogP contribution in [-0.4, -0.2) is 4.98 Å². The first-order valence-corrected chi connectivity index (χ1v) is 6.83. The first-order chi connectivity index (χ1) is 8.61. The van der Waals surface area contributed by atoms with Crippen molar-refractivity contribution in [1.29, 1.82) is 0 Å². The lowest BCUT2D eigenvalue weighted by Crippen LogP contribution is -2.02. The van der Waals surface area contributed by atoms with E-state index in [0.717, 1.165) is 10.6 Å². The molecule has 18 heavy (non-hydrogen) atoms. The SMILES string of the molecule is Cc1ccc(Sc2nccc(C)c2CN)cc1C. The van der Waals surface area contributed by atoms with Gasteiger partial charge in [0.15, 0.2) is 0 Å². The zero-order chi connectivity index (χ0) is 13.1. The Labute approximate surface area is 113 Å². The molecule has 2 aromatic rings. The highest BCUT2D eigenvalue weighted by Gasteiger charge is 2.07. The zero-order valence-electron chi connectivity index (χ0n) is 11.0. The average Bonchev–Trinajstić information content (AvgIpc) is 2.34. The smallest absolute Gasteiger partial charge is 0.105 e. The maximum atomic E-state index is 5.81. The van der Waals surface area contributed by atoms with E-state index >= 15 is 0 Å². The third-order valence-electron chi connectivity index (χ3n) is 3.15. The molecule has 1 aromatic heterocycles. The van der Waals surface area contributed by atoms with Crippen molar-refractivity contribution in [3.8, 4) is 0 Å². The average molecular weight is 258 g/mol. The third-order valence-corrected chi connectivity index (χ3v) is 4.18. The standard InChI is InChI=1S/C15H18N2S/c1-10-4-5-13(8-12(10)3)18-15-14(9-16)11(2)6-7-17-15/h4-8H,9,16H2,1-3H3. The minimum Gasteiger partial charge on any atom is -0.326 e. The van der Waals surface area contributed by atoms with Gasteiger partial charge in [0.2, 0.25) is 0 Å². The fourth-order valence-electron chi connectivity index (χ4n) is 1.79. The van der Waals surface area contributed by atoms with Crippen LogP contribution in [0.2, 0.25) is 0 Å². The quantitative estimate of drug-likeness (QED) is 0.914. The predicted octanol–water partition coefficient (Wildman–Crippen LogP) is 3.62. The Morgan fingerprint density at radius 1 is 1.06 bits per heavy atom. The van der Waals surface area contributed by atoms with Crippen LogP contribution < -0.4 is 5.73 Å². The van der Waals surface area contributed by atoms with E-state index in [1.165, 1.54) is 21.6 Å². The number of nitrogens with zero attached hydrogens (tertiary/aromatic N) is 1. The molecule has 2 N–H and O–H groups in total. The van der Waals surface area contributed by atoms with Gasteiger partial charge in [0.25, 0.3) is 0 Å². The van der Waals surface area contributed by atoms with E-state index in [-0.39, 0.29) is 0 Å². The van der Waals surface area contributed by atoms with E-state index in [1.54, 1.807) is 11.8 Å². The fourth-order valence-corrected chi connectivity index (χ4v) is 2.87. The maximum Gasteiger partial charge on any atom is 0.105 e. The topological polar surface area (TPSA) is 38.9 Å². The molecule has 0 spiro atoms. The second-order valence-corrected chi connectivity index (χ2v) is 5.53.